The smallest absolute Gasteiger partial charge is 0.0908 e. The third-order valence-corrected chi connectivity index (χ3v) is 5.57. The van der Waals surface area contributed by atoms with Crippen molar-refractivity contribution in [2.75, 3.05) is 18.9 Å². The first-order chi connectivity index (χ1) is 6.97. The first kappa shape index (κ1) is 11.1. The van der Waals surface area contributed by atoms with Crippen molar-refractivity contribution in [3.63, 3.8) is 0 Å². The topological polar surface area (TPSA) is 12.5 Å². The van der Waals surface area contributed by atoms with Gasteiger partial charge in [-0.05, 0) is 32.1 Å². The summed E-state index contributed by atoms with van der Waals surface area (Å²) in [6.07, 6.45) is 7.92. The lowest BCUT2D eigenvalue weighted by Gasteiger charge is -2.27. The van der Waals surface area contributed by atoms with Gasteiger partial charge in [-0.2, -0.15) is 5.06 Å². The highest BCUT2D eigenvalue weighted by atomic mass is 33.1. The van der Waals surface area contributed by atoms with Crippen LogP contribution in [-0.2, 0) is 4.84 Å². The summed E-state index contributed by atoms with van der Waals surface area (Å²) in [6, 6.07) is 0. The van der Waals surface area contributed by atoms with Crippen LogP contribution in [0.3, 0.4) is 0 Å². The maximum absolute atomic E-state index is 5.80. The predicted molar refractivity (Wildman–Crippen MR) is 64.2 cm³/mol. The molecule has 1 unspecified atom stereocenters. The normalized spacial score (nSPS) is 32.1. The Morgan fingerprint density at radius 2 is 2.07 bits per heavy atom. The summed E-state index contributed by atoms with van der Waals surface area (Å²) in [5.74, 6) is 1.31. The molecule has 14 heavy (non-hydrogen) atoms. The lowest BCUT2D eigenvalue weighted by atomic mass is 10.2. The van der Waals surface area contributed by atoms with Crippen molar-refractivity contribution < 1.29 is 4.84 Å². The molecule has 0 aromatic carbocycles. The van der Waals surface area contributed by atoms with Crippen LogP contribution in [0, 0.1) is 0 Å². The van der Waals surface area contributed by atoms with Gasteiger partial charge in [0, 0.05) is 12.3 Å². The lowest BCUT2D eigenvalue weighted by Crippen LogP contribution is -2.32. The highest BCUT2D eigenvalue weighted by molar-refractivity contribution is 8.76. The summed E-state index contributed by atoms with van der Waals surface area (Å²) >= 11 is 0. The predicted octanol–water partition coefficient (Wildman–Crippen LogP) is 3.30. The van der Waals surface area contributed by atoms with Crippen molar-refractivity contribution in [3.8, 4) is 0 Å². The fourth-order valence-electron chi connectivity index (χ4n) is 1.87. The molecule has 0 saturated carbocycles. The van der Waals surface area contributed by atoms with Gasteiger partial charge in [-0.25, -0.2) is 0 Å². The molecule has 2 aliphatic heterocycles. The van der Waals surface area contributed by atoms with E-state index in [1.165, 1.54) is 44.3 Å². The van der Waals surface area contributed by atoms with Gasteiger partial charge < -0.3 is 0 Å². The monoisotopic (exact) mass is 233 g/mol. The highest BCUT2D eigenvalue weighted by Gasteiger charge is 2.22. The van der Waals surface area contributed by atoms with Gasteiger partial charge in [0.2, 0.25) is 0 Å². The Hall–Kier alpha value is 0.620. The van der Waals surface area contributed by atoms with E-state index in [0.29, 0.717) is 5.37 Å². The number of hydrogen-bond acceptors (Lipinski definition) is 4. The SMILES string of the molecule is C1CCON(C2CCCCSS2)CC1. The second-order valence-electron chi connectivity index (χ2n) is 3.90. The van der Waals surface area contributed by atoms with Crippen LogP contribution in [0.25, 0.3) is 0 Å². The van der Waals surface area contributed by atoms with Gasteiger partial charge >= 0.3 is 0 Å². The van der Waals surface area contributed by atoms with Gasteiger partial charge in [0.05, 0.1) is 12.0 Å². The van der Waals surface area contributed by atoms with Crippen LogP contribution in [0.15, 0.2) is 0 Å². The average Bonchev–Trinajstić information content (AvgIpc) is 2.62. The minimum atomic E-state index is 0.612. The van der Waals surface area contributed by atoms with Gasteiger partial charge in [-0.15, -0.1) is 0 Å². The van der Waals surface area contributed by atoms with Crippen molar-refractivity contribution in [2.24, 2.45) is 0 Å². The number of nitrogens with zero attached hydrogens (tertiary/aromatic N) is 1. The Labute approximate surface area is 94.5 Å². The van der Waals surface area contributed by atoms with Gasteiger partial charge in [0.1, 0.15) is 0 Å². The van der Waals surface area contributed by atoms with Gasteiger partial charge in [-0.3, -0.25) is 4.84 Å². The Balaban J connectivity index is 1.83. The molecule has 82 valence electrons. The van der Waals surface area contributed by atoms with E-state index in [1.54, 1.807) is 0 Å². The van der Waals surface area contributed by atoms with Crippen molar-refractivity contribution in [3.05, 3.63) is 0 Å². The summed E-state index contributed by atoms with van der Waals surface area (Å²) in [5.41, 5.74) is 0. The zero-order chi connectivity index (χ0) is 9.64. The molecular weight excluding hydrogens is 214 g/mol. The molecule has 2 fully saturated rings. The molecule has 0 aromatic rings. The molecule has 1 atom stereocenters. The molecule has 0 radical (unpaired) electrons. The average molecular weight is 233 g/mol. The van der Waals surface area contributed by atoms with Crippen molar-refractivity contribution in [1.29, 1.82) is 0 Å². The zero-order valence-electron chi connectivity index (χ0n) is 8.61. The van der Waals surface area contributed by atoms with E-state index in [9.17, 15) is 0 Å². The minimum Gasteiger partial charge on any atom is -0.298 e. The summed E-state index contributed by atoms with van der Waals surface area (Å²) in [5, 5.41) is 2.86. The molecule has 0 N–H and O–H groups in total. The summed E-state index contributed by atoms with van der Waals surface area (Å²) < 4.78 is 0. The van der Waals surface area contributed by atoms with Crippen LogP contribution in [-0.4, -0.2) is 29.3 Å². The molecule has 0 aromatic heterocycles. The van der Waals surface area contributed by atoms with Crippen LogP contribution in [0.4, 0.5) is 0 Å². The summed E-state index contributed by atoms with van der Waals surface area (Å²) in [4.78, 5) is 5.80. The van der Waals surface area contributed by atoms with Crippen LogP contribution in [0.1, 0.15) is 38.5 Å². The fraction of sp³-hybridized carbons (Fsp3) is 1.00. The standard InChI is InChI=1S/C10H19NOS2/c1-3-7-11(12-8-4-1)10-6-2-5-9-13-14-10/h10H,1-9H2. The van der Waals surface area contributed by atoms with Crippen LogP contribution in [0.2, 0.25) is 0 Å². The van der Waals surface area contributed by atoms with Crippen LogP contribution >= 0.6 is 21.6 Å². The quantitative estimate of drug-likeness (QED) is 0.644. The van der Waals surface area contributed by atoms with Gasteiger partial charge in [-0.1, -0.05) is 28.0 Å². The third kappa shape index (κ3) is 3.33. The Morgan fingerprint density at radius 3 is 3.07 bits per heavy atom. The molecule has 2 rings (SSSR count). The lowest BCUT2D eigenvalue weighted by molar-refractivity contribution is -0.160. The van der Waals surface area contributed by atoms with E-state index in [0.717, 1.165) is 13.2 Å². The van der Waals surface area contributed by atoms with Crippen LogP contribution < -0.4 is 0 Å². The number of hydroxylamine groups is 2. The molecular formula is C10H19NOS2. The first-order valence-corrected chi connectivity index (χ1v) is 8.03. The van der Waals surface area contributed by atoms with E-state index in [4.69, 9.17) is 4.84 Å². The van der Waals surface area contributed by atoms with Gasteiger partial charge in [0.25, 0.3) is 0 Å². The maximum atomic E-state index is 5.80. The van der Waals surface area contributed by atoms with E-state index < -0.39 is 0 Å². The largest absolute Gasteiger partial charge is 0.298 e. The zero-order valence-corrected chi connectivity index (χ0v) is 10.2. The molecule has 2 nitrogen and oxygen atoms in total. The Kier molecular flexibility index (Phi) is 4.97. The molecule has 0 bridgehead atoms. The van der Waals surface area contributed by atoms with Crippen molar-refractivity contribution in [2.45, 2.75) is 43.9 Å². The van der Waals surface area contributed by atoms with E-state index in [2.05, 4.69) is 5.06 Å². The third-order valence-electron chi connectivity index (χ3n) is 2.71. The molecule has 2 saturated heterocycles. The Bertz CT molecular complexity index is 134. The molecule has 4 heteroatoms. The summed E-state index contributed by atoms with van der Waals surface area (Å²) in [6.45, 7) is 2.07. The summed E-state index contributed by atoms with van der Waals surface area (Å²) in [7, 11) is 4.04. The van der Waals surface area contributed by atoms with Crippen molar-refractivity contribution in [1.82, 2.24) is 5.06 Å². The van der Waals surface area contributed by atoms with Gasteiger partial charge in [0.15, 0.2) is 0 Å². The van der Waals surface area contributed by atoms with Crippen LogP contribution in [0.5, 0.6) is 0 Å². The van der Waals surface area contributed by atoms with E-state index >= 15 is 0 Å². The Morgan fingerprint density at radius 1 is 1.07 bits per heavy atom. The second kappa shape index (κ2) is 6.26. The fourth-order valence-corrected chi connectivity index (χ4v) is 4.66. The van der Waals surface area contributed by atoms with E-state index in [1.807, 2.05) is 21.6 Å². The maximum Gasteiger partial charge on any atom is 0.0908 e. The molecule has 0 spiro atoms. The number of hydrogen-bond donors (Lipinski definition) is 0. The number of rotatable bonds is 1. The minimum absolute atomic E-state index is 0.612. The molecule has 2 aliphatic rings. The molecule has 0 amide bonds. The molecule has 0 aliphatic carbocycles. The second-order valence-corrected chi connectivity index (χ2v) is 6.57. The van der Waals surface area contributed by atoms with Crippen molar-refractivity contribution >= 4 is 21.6 Å². The highest BCUT2D eigenvalue weighted by Crippen LogP contribution is 2.36. The van der Waals surface area contributed by atoms with E-state index in [-0.39, 0.29) is 0 Å². The molecule has 2 heterocycles. The first-order valence-electron chi connectivity index (χ1n) is 5.64.